The van der Waals surface area contributed by atoms with Crippen LogP contribution in [-0.2, 0) is 4.74 Å². The Labute approximate surface area is 179 Å². The molecule has 2 aromatic carbocycles. The summed E-state index contributed by atoms with van der Waals surface area (Å²) in [5.41, 5.74) is 10.6. The van der Waals surface area contributed by atoms with Crippen LogP contribution in [0.25, 0.3) is 11.1 Å². The largest absolute Gasteiger partial charge is 0.449 e. The van der Waals surface area contributed by atoms with E-state index in [9.17, 15) is 4.79 Å². The highest BCUT2D eigenvalue weighted by Gasteiger charge is 2.28. The molecule has 7 heteroatoms. The van der Waals surface area contributed by atoms with Crippen molar-refractivity contribution in [1.82, 2.24) is 15.3 Å². The monoisotopic (exact) mass is 418 g/mol. The van der Waals surface area contributed by atoms with Gasteiger partial charge in [0.2, 0.25) is 0 Å². The van der Waals surface area contributed by atoms with Gasteiger partial charge in [0, 0.05) is 18.9 Å². The summed E-state index contributed by atoms with van der Waals surface area (Å²) >= 11 is 5.92. The second kappa shape index (κ2) is 8.85. The fourth-order valence-corrected chi connectivity index (χ4v) is 3.68. The van der Waals surface area contributed by atoms with Crippen LogP contribution in [0.5, 0.6) is 0 Å². The Hall–Kier alpha value is -3.56. The number of nitrogens with two attached hydrogens (primary N) is 1. The maximum atomic E-state index is 12.1. The van der Waals surface area contributed by atoms with Gasteiger partial charge in [0.1, 0.15) is 12.4 Å². The molecule has 1 aliphatic carbocycles. The Morgan fingerprint density at radius 1 is 1.13 bits per heavy atom. The summed E-state index contributed by atoms with van der Waals surface area (Å²) in [5, 5.41) is 2.87. The van der Waals surface area contributed by atoms with Gasteiger partial charge in [-0.3, -0.25) is 0 Å². The number of benzene rings is 2. The Bertz CT molecular complexity index is 1110. The summed E-state index contributed by atoms with van der Waals surface area (Å²) in [6.45, 7) is 0.631. The van der Waals surface area contributed by atoms with Crippen molar-refractivity contribution in [3.8, 4) is 23.0 Å². The Morgan fingerprint density at radius 3 is 2.47 bits per heavy atom. The van der Waals surface area contributed by atoms with Crippen LogP contribution in [0.2, 0.25) is 5.15 Å². The molecule has 0 unspecified atom stereocenters. The molecule has 0 bridgehead atoms. The van der Waals surface area contributed by atoms with Gasteiger partial charge in [-0.25, -0.2) is 14.8 Å². The lowest BCUT2D eigenvalue weighted by Crippen LogP contribution is -2.26. The van der Waals surface area contributed by atoms with Crippen molar-refractivity contribution >= 4 is 23.5 Å². The number of alkyl carbamates (subject to hydrolysis) is 1. The average Bonchev–Trinajstić information content (AvgIpc) is 3.07. The zero-order chi connectivity index (χ0) is 20.9. The summed E-state index contributed by atoms with van der Waals surface area (Å²) in [6, 6.07) is 16.4. The van der Waals surface area contributed by atoms with Crippen molar-refractivity contribution in [2.24, 2.45) is 0 Å². The van der Waals surface area contributed by atoms with Gasteiger partial charge in [0.05, 0.1) is 6.20 Å². The first-order chi connectivity index (χ1) is 14.6. The standard InChI is InChI=1S/C23H19ClN4O2/c24-22-20(27-13-21(25)28-22)11-5-6-12-26-23(29)30-14-19-17-9-3-1-7-15(17)16-8-2-4-10-18(16)19/h1-4,7-10,13,19H,6,12,14H2,(H2,25,28)(H,26,29). The van der Waals surface area contributed by atoms with Gasteiger partial charge in [0.25, 0.3) is 0 Å². The molecule has 0 fully saturated rings. The van der Waals surface area contributed by atoms with Crippen molar-refractivity contribution in [2.75, 3.05) is 18.9 Å². The molecule has 4 rings (SSSR count). The first-order valence-electron chi connectivity index (χ1n) is 9.49. The number of carbonyl (C=O) groups is 1. The summed E-state index contributed by atoms with van der Waals surface area (Å²) < 4.78 is 5.48. The number of aromatic nitrogens is 2. The van der Waals surface area contributed by atoms with Gasteiger partial charge < -0.3 is 15.8 Å². The predicted octanol–water partition coefficient (Wildman–Crippen LogP) is 3.99. The summed E-state index contributed by atoms with van der Waals surface area (Å²) in [5.74, 6) is 5.98. The first kappa shape index (κ1) is 19.7. The van der Waals surface area contributed by atoms with E-state index in [0.29, 0.717) is 18.7 Å². The smallest absolute Gasteiger partial charge is 0.407 e. The Morgan fingerprint density at radius 2 is 1.80 bits per heavy atom. The number of carbonyl (C=O) groups excluding carboxylic acids is 1. The van der Waals surface area contributed by atoms with Crippen molar-refractivity contribution in [2.45, 2.75) is 12.3 Å². The number of ether oxygens (including phenoxy) is 1. The molecule has 1 aliphatic rings. The number of nitrogens with zero attached hydrogens (tertiary/aromatic N) is 2. The highest BCUT2D eigenvalue weighted by atomic mass is 35.5. The minimum absolute atomic E-state index is 0.0363. The zero-order valence-corrected chi connectivity index (χ0v) is 16.8. The number of rotatable bonds is 4. The van der Waals surface area contributed by atoms with Crippen molar-refractivity contribution in [3.05, 3.63) is 76.7 Å². The lowest BCUT2D eigenvalue weighted by atomic mass is 9.98. The number of fused-ring (bicyclic) bond motifs is 3. The van der Waals surface area contributed by atoms with E-state index in [0.717, 1.165) is 0 Å². The molecule has 0 aliphatic heterocycles. The third kappa shape index (κ3) is 4.22. The molecule has 0 saturated heterocycles. The molecular formula is C23H19ClN4O2. The predicted molar refractivity (Wildman–Crippen MR) is 116 cm³/mol. The highest BCUT2D eigenvalue weighted by molar-refractivity contribution is 6.30. The molecule has 30 heavy (non-hydrogen) atoms. The third-order valence-electron chi connectivity index (χ3n) is 4.82. The van der Waals surface area contributed by atoms with Crippen LogP contribution in [-0.4, -0.2) is 29.2 Å². The van der Waals surface area contributed by atoms with Crippen LogP contribution < -0.4 is 11.1 Å². The van der Waals surface area contributed by atoms with Crippen LogP contribution in [0.1, 0.15) is 29.2 Å². The van der Waals surface area contributed by atoms with Gasteiger partial charge in [-0.05, 0) is 28.2 Å². The maximum Gasteiger partial charge on any atom is 0.407 e. The minimum Gasteiger partial charge on any atom is -0.449 e. The molecule has 0 atom stereocenters. The fourth-order valence-electron chi connectivity index (χ4n) is 3.49. The van der Waals surface area contributed by atoms with Crippen molar-refractivity contribution in [3.63, 3.8) is 0 Å². The normalized spacial score (nSPS) is 11.8. The van der Waals surface area contributed by atoms with Crippen LogP contribution in [0, 0.1) is 11.8 Å². The molecule has 3 N–H and O–H groups in total. The van der Waals surface area contributed by atoms with E-state index < -0.39 is 6.09 Å². The van der Waals surface area contributed by atoms with Gasteiger partial charge >= 0.3 is 6.09 Å². The van der Waals surface area contributed by atoms with E-state index in [1.54, 1.807) is 0 Å². The van der Waals surface area contributed by atoms with Crippen molar-refractivity contribution < 1.29 is 9.53 Å². The molecule has 150 valence electrons. The van der Waals surface area contributed by atoms with Gasteiger partial charge in [-0.1, -0.05) is 66.1 Å². The van der Waals surface area contributed by atoms with E-state index in [4.69, 9.17) is 22.1 Å². The number of hydrogen-bond acceptors (Lipinski definition) is 5. The molecule has 1 heterocycles. The van der Waals surface area contributed by atoms with Crippen molar-refractivity contribution in [1.29, 1.82) is 0 Å². The molecule has 1 amide bonds. The summed E-state index contributed by atoms with van der Waals surface area (Å²) in [6.07, 6.45) is 1.35. The second-order valence-electron chi connectivity index (χ2n) is 6.74. The van der Waals surface area contributed by atoms with Gasteiger partial charge in [-0.2, -0.15) is 0 Å². The van der Waals surface area contributed by atoms with Gasteiger partial charge in [0.15, 0.2) is 10.8 Å². The number of nitrogen functional groups attached to an aromatic ring is 1. The van der Waals surface area contributed by atoms with E-state index in [2.05, 4.69) is 51.4 Å². The molecule has 0 saturated carbocycles. The SMILES string of the molecule is Nc1cnc(C#CCCNC(=O)OCC2c3ccccc3-c3ccccc32)c(Cl)n1. The molecule has 6 nitrogen and oxygen atoms in total. The number of halogens is 1. The fraction of sp³-hybridized carbons (Fsp3) is 0.174. The van der Waals surface area contributed by atoms with E-state index in [-0.39, 0.29) is 23.5 Å². The van der Waals surface area contributed by atoms with E-state index in [1.165, 1.54) is 28.5 Å². The molecule has 1 aromatic heterocycles. The number of amides is 1. The van der Waals surface area contributed by atoms with Crippen LogP contribution in [0.15, 0.2) is 54.7 Å². The lowest BCUT2D eigenvalue weighted by Gasteiger charge is -2.14. The second-order valence-corrected chi connectivity index (χ2v) is 7.10. The summed E-state index contributed by atoms with van der Waals surface area (Å²) in [7, 11) is 0. The van der Waals surface area contributed by atoms with Crippen LogP contribution in [0.4, 0.5) is 10.6 Å². The molecular weight excluding hydrogens is 400 g/mol. The molecule has 0 spiro atoms. The Balaban J connectivity index is 1.29. The number of nitrogens with one attached hydrogen (secondary N) is 1. The summed E-state index contributed by atoms with van der Waals surface area (Å²) in [4.78, 5) is 20.0. The highest BCUT2D eigenvalue weighted by Crippen LogP contribution is 2.44. The first-order valence-corrected chi connectivity index (χ1v) is 9.87. The lowest BCUT2D eigenvalue weighted by molar-refractivity contribution is 0.143. The molecule has 0 radical (unpaired) electrons. The van der Waals surface area contributed by atoms with Crippen LogP contribution >= 0.6 is 11.6 Å². The van der Waals surface area contributed by atoms with E-state index >= 15 is 0 Å². The zero-order valence-electron chi connectivity index (χ0n) is 16.1. The Kier molecular flexibility index (Phi) is 5.82. The van der Waals surface area contributed by atoms with E-state index in [1.807, 2.05) is 24.3 Å². The molecule has 3 aromatic rings. The average molecular weight is 419 g/mol. The maximum absolute atomic E-state index is 12.1. The quantitative estimate of drug-likeness (QED) is 0.493. The number of hydrogen-bond donors (Lipinski definition) is 2. The van der Waals surface area contributed by atoms with Gasteiger partial charge in [-0.15, -0.1) is 0 Å². The topological polar surface area (TPSA) is 90.1 Å². The third-order valence-corrected chi connectivity index (χ3v) is 5.08. The number of anilines is 1. The minimum atomic E-state index is -0.469. The van der Waals surface area contributed by atoms with Crippen LogP contribution in [0.3, 0.4) is 0 Å².